The van der Waals surface area contributed by atoms with Gasteiger partial charge in [-0.15, -0.1) is 0 Å². The third kappa shape index (κ3) is 5.68. The van der Waals surface area contributed by atoms with E-state index in [-0.39, 0.29) is 29.0 Å². The Labute approximate surface area is 105 Å². The van der Waals surface area contributed by atoms with Crippen molar-refractivity contribution >= 4 is 34.8 Å². The van der Waals surface area contributed by atoms with Gasteiger partial charge in [0.25, 0.3) is 0 Å². The van der Waals surface area contributed by atoms with E-state index in [4.69, 9.17) is 5.73 Å². The summed E-state index contributed by atoms with van der Waals surface area (Å²) in [6.07, 6.45) is 2.73. The van der Waals surface area contributed by atoms with E-state index in [1.54, 1.807) is 0 Å². The van der Waals surface area contributed by atoms with Crippen molar-refractivity contribution in [1.82, 2.24) is 9.97 Å². The second-order valence-corrected chi connectivity index (χ2v) is 4.47. The van der Waals surface area contributed by atoms with Crippen LogP contribution >= 0.6 is 24.0 Å². The van der Waals surface area contributed by atoms with Gasteiger partial charge in [0.15, 0.2) is 0 Å². The lowest BCUT2D eigenvalue weighted by atomic mass is 10.4. The fourth-order valence-electron chi connectivity index (χ4n) is 0.892. The smallest absolute Gasteiger partial charge is 0.388 e. The zero-order valence-corrected chi connectivity index (χ0v) is 10.1. The van der Waals surface area contributed by atoms with Crippen LogP contribution in [-0.4, -0.2) is 32.8 Å². The fourth-order valence-corrected chi connectivity index (χ4v) is 1.43. The van der Waals surface area contributed by atoms with Crippen molar-refractivity contribution in [3.05, 3.63) is 18.1 Å². The molecule has 0 aliphatic heterocycles. The summed E-state index contributed by atoms with van der Waals surface area (Å²) in [5.41, 5.74) is 1.48. The van der Waals surface area contributed by atoms with Crippen molar-refractivity contribution in [3.8, 4) is 0 Å². The van der Waals surface area contributed by atoms with Crippen molar-refractivity contribution in [1.29, 1.82) is 0 Å². The molecule has 94 valence electrons. The van der Waals surface area contributed by atoms with E-state index >= 15 is 0 Å². The van der Waals surface area contributed by atoms with Gasteiger partial charge in [-0.25, -0.2) is 9.97 Å². The van der Waals surface area contributed by atoms with Gasteiger partial charge in [-0.1, -0.05) is 12.2 Å². The highest BCUT2D eigenvalue weighted by molar-refractivity contribution is 8.00. The topological polar surface area (TPSA) is 63.8 Å². The summed E-state index contributed by atoms with van der Waals surface area (Å²) in [4.78, 5) is 7.91. The number of thioether (sulfide) groups is 1. The van der Waals surface area contributed by atoms with E-state index in [1.807, 2.05) is 0 Å². The molecule has 0 amide bonds. The molecule has 0 saturated heterocycles. The average Bonchev–Trinajstić information content (AvgIpc) is 2.24. The minimum absolute atomic E-state index is 0.0906. The Bertz CT molecular complexity index is 379. The molecule has 0 unspecified atom stereocenters. The quantitative estimate of drug-likeness (QED) is 0.634. The first kappa shape index (κ1) is 14.0. The number of nitrogens with zero attached hydrogens (tertiary/aromatic N) is 2. The lowest BCUT2D eigenvalue weighted by Gasteiger charge is -2.07. The maximum atomic E-state index is 11.8. The Morgan fingerprint density at radius 2 is 2.12 bits per heavy atom. The number of aromatic nitrogens is 2. The first-order valence-corrected chi connectivity index (χ1v) is 5.84. The van der Waals surface area contributed by atoms with Gasteiger partial charge in [0.1, 0.15) is 16.5 Å². The van der Waals surface area contributed by atoms with Gasteiger partial charge in [-0.05, 0) is 11.8 Å². The van der Waals surface area contributed by atoms with Crippen LogP contribution in [0.3, 0.4) is 0 Å². The van der Waals surface area contributed by atoms with Crippen LogP contribution in [0.1, 0.15) is 5.69 Å². The summed E-state index contributed by atoms with van der Waals surface area (Å²) in [5.74, 6) is 0.287. The molecule has 0 aliphatic rings. The first-order chi connectivity index (χ1) is 7.88. The molecule has 0 bridgehead atoms. The molecular weight excluding hydrogens is 273 g/mol. The van der Waals surface area contributed by atoms with Crippen molar-refractivity contribution in [2.45, 2.75) is 5.51 Å². The summed E-state index contributed by atoms with van der Waals surface area (Å²) in [7, 11) is 0. The van der Waals surface area contributed by atoms with Crippen molar-refractivity contribution < 1.29 is 13.2 Å². The molecule has 9 heteroatoms. The molecule has 17 heavy (non-hydrogen) atoms. The lowest BCUT2D eigenvalue weighted by molar-refractivity contribution is -0.0327. The molecule has 3 N–H and O–H groups in total. The standard InChI is InChI=1S/C8H9F3N4S2/c9-8(10,11)17-2-1-13-6-4-14-5(3-15-6)7(12)16/h3-4H,1-2H2,(H2,12,16)(H,13,15). The Morgan fingerprint density at radius 1 is 1.41 bits per heavy atom. The maximum absolute atomic E-state index is 11.8. The molecule has 0 fully saturated rings. The molecule has 0 aliphatic carbocycles. The Hall–Kier alpha value is -1.09. The Balaban J connectivity index is 2.35. The van der Waals surface area contributed by atoms with E-state index in [9.17, 15) is 13.2 Å². The largest absolute Gasteiger partial charge is 0.441 e. The van der Waals surface area contributed by atoms with Gasteiger partial charge in [0.05, 0.1) is 12.4 Å². The van der Waals surface area contributed by atoms with Gasteiger partial charge in [0, 0.05) is 12.3 Å². The molecule has 0 spiro atoms. The highest BCUT2D eigenvalue weighted by Gasteiger charge is 2.27. The van der Waals surface area contributed by atoms with Crippen LogP contribution in [0.15, 0.2) is 12.4 Å². The normalized spacial score (nSPS) is 11.2. The van der Waals surface area contributed by atoms with Crippen LogP contribution < -0.4 is 11.1 Å². The monoisotopic (exact) mass is 282 g/mol. The number of hydrogen-bond donors (Lipinski definition) is 2. The minimum atomic E-state index is -4.21. The number of alkyl halides is 3. The van der Waals surface area contributed by atoms with Gasteiger partial charge in [-0.3, -0.25) is 0 Å². The van der Waals surface area contributed by atoms with Crippen LogP contribution in [0.4, 0.5) is 19.0 Å². The maximum Gasteiger partial charge on any atom is 0.441 e. The summed E-state index contributed by atoms with van der Waals surface area (Å²) >= 11 is 4.59. The number of halogens is 3. The van der Waals surface area contributed by atoms with Crippen molar-refractivity contribution in [3.63, 3.8) is 0 Å². The first-order valence-electron chi connectivity index (χ1n) is 4.45. The summed E-state index contributed by atoms with van der Waals surface area (Å²) in [5, 5.41) is 2.70. The third-order valence-electron chi connectivity index (χ3n) is 1.58. The van der Waals surface area contributed by atoms with Gasteiger partial charge in [-0.2, -0.15) is 13.2 Å². The highest BCUT2D eigenvalue weighted by Crippen LogP contribution is 2.29. The SMILES string of the molecule is NC(=S)c1cnc(NCCSC(F)(F)F)cn1. The molecule has 1 aromatic heterocycles. The van der Waals surface area contributed by atoms with E-state index in [0.717, 1.165) is 0 Å². The lowest BCUT2D eigenvalue weighted by Crippen LogP contribution is -2.14. The van der Waals surface area contributed by atoms with E-state index in [1.165, 1.54) is 12.4 Å². The summed E-state index contributed by atoms with van der Waals surface area (Å²) in [6, 6.07) is 0. The summed E-state index contributed by atoms with van der Waals surface area (Å²) < 4.78 is 35.4. The summed E-state index contributed by atoms with van der Waals surface area (Å²) in [6.45, 7) is 0.144. The minimum Gasteiger partial charge on any atom is -0.388 e. The molecular formula is C8H9F3N4S2. The second kappa shape index (κ2) is 6.01. The molecule has 0 radical (unpaired) electrons. The Kier molecular flexibility index (Phi) is 4.94. The Morgan fingerprint density at radius 3 is 2.59 bits per heavy atom. The van der Waals surface area contributed by atoms with E-state index in [2.05, 4.69) is 27.5 Å². The predicted octanol–water partition coefficient (Wildman–Crippen LogP) is 1.78. The number of nitrogens with two attached hydrogens (primary N) is 1. The fraction of sp³-hybridized carbons (Fsp3) is 0.375. The van der Waals surface area contributed by atoms with Crippen LogP contribution in [0.2, 0.25) is 0 Å². The number of rotatable bonds is 5. The number of hydrogen-bond acceptors (Lipinski definition) is 5. The predicted molar refractivity (Wildman–Crippen MR) is 64.9 cm³/mol. The molecule has 0 saturated carbocycles. The van der Waals surface area contributed by atoms with Crippen LogP contribution in [0.25, 0.3) is 0 Å². The molecule has 0 aromatic carbocycles. The number of anilines is 1. The molecule has 1 heterocycles. The van der Waals surface area contributed by atoms with E-state index in [0.29, 0.717) is 11.5 Å². The molecule has 1 aromatic rings. The van der Waals surface area contributed by atoms with Crippen molar-refractivity contribution in [2.24, 2.45) is 5.73 Å². The zero-order chi connectivity index (χ0) is 12.9. The average molecular weight is 282 g/mol. The van der Waals surface area contributed by atoms with Gasteiger partial charge in [0.2, 0.25) is 0 Å². The van der Waals surface area contributed by atoms with Gasteiger partial charge >= 0.3 is 5.51 Å². The third-order valence-corrected chi connectivity index (χ3v) is 2.52. The van der Waals surface area contributed by atoms with Crippen LogP contribution in [0, 0.1) is 0 Å². The zero-order valence-electron chi connectivity index (χ0n) is 8.49. The van der Waals surface area contributed by atoms with Gasteiger partial charge < -0.3 is 11.1 Å². The molecule has 4 nitrogen and oxygen atoms in total. The number of thiocarbonyl (C=S) groups is 1. The second-order valence-electron chi connectivity index (χ2n) is 2.87. The van der Waals surface area contributed by atoms with Crippen molar-refractivity contribution in [2.75, 3.05) is 17.6 Å². The van der Waals surface area contributed by atoms with E-state index < -0.39 is 5.51 Å². The molecule has 1 rings (SSSR count). The van der Waals surface area contributed by atoms with Crippen LogP contribution in [0.5, 0.6) is 0 Å². The van der Waals surface area contributed by atoms with Crippen LogP contribution in [-0.2, 0) is 0 Å². The number of nitrogens with one attached hydrogen (secondary N) is 1. The molecule has 0 atom stereocenters. The highest BCUT2D eigenvalue weighted by atomic mass is 32.2.